The smallest absolute Gasteiger partial charge is 0.217 e. The zero-order chi connectivity index (χ0) is 16.5. The molecule has 4 rings (SSSR count). The fourth-order valence-electron chi connectivity index (χ4n) is 2.94. The van der Waals surface area contributed by atoms with Crippen molar-refractivity contribution >= 4 is 16.7 Å². The second-order valence-corrected chi connectivity index (χ2v) is 5.82. The Morgan fingerprint density at radius 3 is 2.96 bits per heavy atom. The summed E-state index contributed by atoms with van der Waals surface area (Å²) in [5, 5.41) is 0.978. The maximum Gasteiger partial charge on any atom is 0.217 e. The summed E-state index contributed by atoms with van der Waals surface area (Å²) in [6.07, 6.45) is 2.31. The van der Waals surface area contributed by atoms with Gasteiger partial charge in [-0.3, -0.25) is 4.79 Å². The Morgan fingerprint density at radius 1 is 1.22 bits per heavy atom. The van der Waals surface area contributed by atoms with Gasteiger partial charge in [0.15, 0.2) is 5.78 Å². The van der Waals surface area contributed by atoms with Gasteiger partial charge in [0.25, 0.3) is 0 Å². The van der Waals surface area contributed by atoms with E-state index in [0.29, 0.717) is 18.0 Å². The molecule has 1 aliphatic heterocycles. The third kappa shape index (κ3) is 2.82. The lowest BCUT2D eigenvalue weighted by molar-refractivity contribution is 0.0993. The van der Waals surface area contributed by atoms with Gasteiger partial charge in [-0.2, -0.15) is 0 Å². The number of hydrogen-bond acceptors (Lipinski definition) is 3. The number of carbonyl (C=O) groups excluding carboxylic acids is 1. The standard InChI is InChI=1S/C20H17NO2/c22-19(11-14-5-2-1-3-6-14)15-8-9-18-17(12-15)13-16-7-4-10-23-20(16)21-18/h1-3,5-6,8-9,12-13H,4,7,10-11H2/i1T. The summed E-state index contributed by atoms with van der Waals surface area (Å²) in [4.78, 5) is 17.1. The fraction of sp³-hybridized carbons (Fsp3) is 0.200. The molecular weight excluding hydrogens is 286 g/mol. The molecule has 0 saturated carbocycles. The van der Waals surface area contributed by atoms with Crippen molar-refractivity contribution in [3.63, 3.8) is 0 Å². The summed E-state index contributed by atoms with van der Waals surface area (Å²) < 4.78 is 13.1. The molecule has 1 aliphatic rings. The van der Waals surface area contributed by atoms with E-state index >= 15 is 0 Å². The van der Waals surface area contributed by atoms with E-state index in [2.05, 4.69) is 11.1 Å². The number of hydrogen-bond donors (Lipinski definition) is 0. The van der Waals surface area contributed by atoms with E-state index in [1.807, 2.05) is 30.3 Å². The Labute approximate surface area is 136 Å². The molecule has 0 atom stereocenters. The van der Waals surface area contributed by atoms with Crippen LogP contribution in [0.1, 0.15) is 29.3 Å². The molecule has 0 amide bonds. The van der Waals surface area contributed by atoms with Crippen molar-refractivity contribution in [2.45, 2.75) is 19.3 Å². The van der Waals surface area contributed by atoms with E-state index < -0.39 is 0 Å². The van der Waals surface area contributed by atoms with E-state index in [9.17, 15) is 4.79 Å². The number of fused-ring (bicyclic) bond motifs is 2. The summed E-state index contributed by atoms with van der Waals surface area (Å²) in [5.74, 6) is 0.798. The maximum atomic E-state index is 12.5. The predicted molar refractivity (Wildman–Crippen MR) is 90.0 cm³/mol. The zero-order valence-corrected chi connectivity index (χ0v) is 12.7. The molecule has 114 valence electrons. The number of rotatable bonds is 3. The summed E-state index contributed by atoms with van der Waals surface area (Å²) in [6, 6.07) is 15.2. The van der Waals surface area contributed by atoms with Crippen LogP contribution in [0.25, 0.3) is 10.9 Å². The third-order valence-corrected chi connectivity index (χ3v) is 4.16. The second-order valence-electron chi connectivity index (χ2n) is 5.82. The molecule has 0 radical (unpaired) electrons. The minimum Gasteiger partial charge on any atom is -0.477 e. The van der Waals surface area contributed by atoms with Crippen LogP contribution in [-0.2, 0) is 12.8 Å². The van der Waals surface area contributed by atoms with Gasteiger partial charge in [0.05, 0.1) is 13.5 Å². The summed E-state index contributed by atoms with van der Waals surface area (Å²) in [7, 11) is 0. The van der Waals surface area contributed by atoms with Crippen molar-refractivity contribution in [1.82, 2.24) is 4.98 Å². The topological polar surface area (TPSA) is 39.2 Å². The molecule has 0 bridgehead atoms. The number of ketones is 1. The van der Waals surface area contributed by atoms with Crippen LogP contribution < -0.4 is 4.74 Å². The Balaban J connectivity index is 1.64. The maximum absolute atomic E-state index is 12.5. The van der Waals surface area contributed by atoms with Gasteiger partial charge in [-0.1, -0.05) is 30.3 Å². The number of nitrogens with zero attached hydrogens (tertiary/aromatic N) is 1. The normalized spacial score (nSPS) is 14.0. The Kier molecular flexibility index (Phi) is 3.26. The number of aromatic nitrogens is 1. The molecule has 2 aromatic carbocycles. The van der Waals surface area contributed by atoms with E-state index in [0.717, 1.165) is 47.4 Å². The van der Waals surface area contributed by atoms with Crippen molar-refractivity contribution in [3.8, 4) is 5.88 Å². The quantitative estimate of drug-likeness (QED) is 0.687. The molecule has 0 saturated heterocycles. The highest BCUT2D eigenvalue weighted by Crippen LogP contribution is 2.27. The van der Waals surface area contributed by atoms with Gasteiger partial charge in [-0.25, -0.2) is 4.98 Å². The van der Waals surface area contributed by atoms with Crippen LogP contribution in [0.3, 0.4) is 0 Å². The highest BCUT2D eigenvalue weighted by Gasteiger charge is 2.14. The molecule has 23 heavy (non-hydrogen) atoms. The first kappa shape index (κ1) is 12.8. The van der Waals surface area contributed by atoms with Gasteiger partial charge in [0.2, 0.25) is 5.88 Å². The number of benzene rings is 2. The van der Waals surface area contributed by atoms with Crippen LogP contribution in [0.4, 0.5) is 0 Å². The Hall–Kier alpha value is -2.68. The van der Waals surface area contributed by atoms with E-state index in [1.165, 1.54) is 0 Å². The molecule has 1 aromatic heterocycles. The number of aryl methyl sites for hydroxylation is 1. The van der Waals surface area contributed by atoms with Crippen LogP contribution in [0, 0.1) is 0 Å². The van der Waals surface area contributed by atoms with Gasteiger partial charge in [0.1, 0.15) is 0 Å². The van der Waals surface area contributed by atoms with Crippen LogP contribution in [-0.4, -0.2) is 17.4 Å². The Morgan fingerprint density at radius 2 is 2.09 bits per heavy atom. The highest BCUT2D eigenvalue weighted by atomic mass is 16.5. The molecule has 0 aliphatic carbocycles. The SMILES string of the molecule is [3H]c1ccc(CC(=O)c2ccc3nc4c(cc3c2)CCCO4)cc1. The van der Waals surface area contributed by atoms with Gasteiger partial charge >= 0.3 is 0 Å². The minimum absolute atomic E-state index is 0.0728. The summed E-state index contributed by atoms with van der Waals surface area (Å²) >= 11 is 0. The van der Waals surface area contributed by atoms with E-state index in [-0.39, 0.29) is 5.78 Å². The van der Waals surface area contributed by atoms with Crippen molar-refractivity contribution in [3.05, 3.63) is 71.3 Å². The fourth-order valence-corrected chi connectivity index (χ4v) is 2.94. The van der Waals surface area contributed by atoms with Crippen LogP contribution in [0.5, 0.6) is 5.88 Å². The largest absolute Gasteiger partial charge is 0.477 e. The average Bonchev–Trinajstić information content (AvgIpc) is 2.61. The summed E-state index contributed by atoms with van der Waals surface area (Å²) in [5.41, 5.74) is 3.58. The van der Waals surface area contributed by atoms with Gasteiger partial charge in [-0.15, -0.1) is 0 Å². The Bertz CT molecular complexity index is 919. The molecule has 3 heteroatoms. The number of carbonyl (C=O) groups is 1. The second kappa shape index (κ2) is 5.84. The first-order chi connectivity index (χ1) is 11.7. The number of Topliss-reactive ketones (excluding diaryl/α,β-unsaturated/α-hetero) is 1. The number of pyridine rings is 1. The average molecular weight is 305 g/mol. The van der Waals surface area contributed by atoms with Crippen LogP contribution in [0.2, 0.25) is 0 Å². The molecular formula is C20H17NO2. The van der Waals surface area contributed by atoms with Crippen molar-refractivity contribution in [2.75, 3.05) is 6.61 Å². The zero-order valence-electron chi connectivity index (χ0n) is 13.7. The lowest BCUT2D eigenvalue weighted by Crippen LogP contribution is -2.10. The van der Waals surface area contributed by atoms with E-state index in [1.54, 1.807) is 12.1 Å². The van der Waals surface area contributed by atoms with Gasteiger partial charge in [-0.05, 0) is 42.7 Å². The van der Waals surface area contributed by atoms with E-state index in [4.69, 9.17) is 6.11 Å². The molecule has 0 N–H and O–H groups in total. The lowest BCUT2D eigenvalue weighted by Gasteiger charge is -2.16. The first-order valence-corrected chi connectivity index (χ1v) is 7.84. The summed E-state index contributed by atoms with van der Waals surface area (Å²) in [6.45, 7) is 0.721. The molecule has 3 nitrogen and oxygen atoms in total. The van der Waals surface area contributed by atoms with Crippen LogP contribution in [0.15, 0.2) is 54.6 Å². The van der Waals surface area contributed by atoms with Gasteiger partial charge < -0.3 is 4.74 Å². The molecule has 2 heterocycles. The molecule has 3 aromatic rings. The minimum atomic E-state index is 0.0728. The number of ether oxygens (including phenoxy) is 1. The highest BCUT2D eigenvalue weighted by molar-refractivity contribution is 6.00. The van der Waals surface area contributed by atoms with Crippen molar-refractivity contribution in [2.24, 2.45) is 0 Å². The first-order valence-electron chi connectivity index (χ1n) is 8.34. The molecule has 0 spiro atoms. The molecule has 0 unspecified atom stereocenters. The van der Waals surface area contributed by atoms with Crippen molar-refractivity contribution in [1.29, 1.82) is 0 Å². The van der Waals surface area contributed by atoms with Gasteiger partial charge in [0, 0.05) is 22.9 Å². The molecule has 0 fully saturated rings. The lowest BCUT2D eigenvalue weighted by atomic mass is 10.00. The van der Waals surface area contributed by atoms with Crippen molar-refractivity contribution < 1.29 is 10.9 Å². The monoisotopic (exact) mass is 305 g/mol. The third-order valence-electron chi connectivity index (χ3n) is 4.16. The predicted octanol–water partition coefficient (Wildman–Crippen LogP) is 3.99. The van der Waals surface area contributed by atoms with Crippen LogP contribution >= 0.6 is 0 Å².